The molecule has 0 aliphatic carbocycles. The maximum Gasteiger partial charge on any atom is 0.127 e. The van der Waals surface area contributed by atoms with Crippen LogP contribution in [0.1, 0.15) is 11.4 Å². The Morgan fingerprint density at radius 1 is 1.29 bits per heavy atom. The zero-order chi connectivity index (χ0) is 12.4. The number of aryl methyl sites for hydroxylation is 1. The molecule has 0 amide bonds. The van der Waals surface area contributed by atoms with Crippen molar-refractivity contribution in [2.24, 2.45) is 0 Å². The van der Waals surface area contributed by atoms with E-state index in [-0.39, 0.29) is 0 Å². The molecule has 0 fully saturated rings. The Labute approximate surface area is 116 Å². The summed E-state index contributed by atoms with van der Waals surface area (Å²) >= 11 is 15.4. The molecule has 0 radical (unpaired) electrons. The molecule has 0 spiro atoms. The van der Waals surface area contributed by atoms with E-state index in [1.165, 1.54) is 0 Å². The number of benzene rings is 1. The highest BCUT2D eigenvalue weighted by molar-refractivity contribution is 9.10. The molecule has 1 aromatic heterocycles. The largest absolute Gasteiger partial charge is 0.378 e. The van der Waals surface area contributed by atoms with E-state index in [1.807, 2.05) is 19.1 Å². The van der Waals surface area contributed by atoms with Crippen LogP contribution in [0.4, 0.5) is 5.69 Å². The summed E-state index contributed by atoms with van der Waals surface area (Å²) in [4.78, 5) is 0. The van der Waals surface area contributed by atoms with Gasteiger partial charge < -0.3 is 5.32 Å². The van der Waals surface area contributed by atoms with Crippen molar-refractivity contribution in [2.45, 2.75) is 13.5 Å². The number of anilines is 1. The maximum atomic E-state index is 6.09. The molecule has 2 aromatic rings. The molecule has 0 atom stereocenters. The van der Waals surface area contributed by atoms with Crippen molar-refractivity contribution < 1.29 is 4.63 Å². The van der Waals surface area contributed by atoms with E-state index in [0.717, 1.165) is 21.5 Å². The smallest absolute Gasteiger partial charge is 0.127 e. The van der Waals surface area contributed by atoms with Crippen molar-refractivity contribution in [1.29, 1.82) is 0 Å². The van der Waals surface area contributed by atoms with Crippen LogP contribution >= 0.6 is 39.1 Å². The first-order valence-electron chi connectivity index (χ1n) is 4.75. The predicted molar refractivity (Wildman–Crippen MR) is 70.5 cm³/mol. The quantitative estimate of drug-likeness (QED) is 0.859. The van der Waals surface area contributed by atoms with Gasteiger partial charge in [-0.2, -0.15) is 0 Å². The van der Waals surface area contributed by atoms with Gasteiger partial charge in [0.2, 0.25) is 0 Å². The summed E-state index contributed by atoms with van der Waals surface area (Å²) in [6.45, 7) is 2.30. The van der Waals surface area contributed by atoms with Gasteiger partial charge in [-0.25, -0.2) is 4.63 Å². The van der Waals surface area contributed by atoms with Crippen LogP contribution in [0.5, 0.6) is 0 Å². The first kappa shape index (κ1) is 12.7. The molecule has 4 nitrogen and oxygen atoms in total. The fraction of sp³-hybridized carbons (Fsp3) is 0.200. The third-order valence-corrected chi connectivity index (χ3v) is 4.00. The van der Waals surface area contributed by atoms with Gasteiger partial charge in [-0.1, -0.05) is 33.5 Å². The maximum absolute atomic E-state index is 6.09. The topological polar surface area (TPSA) is 51.0 Å². The molecule has 0 bridgehead atoms. The monoisotopic (exact) mass is 335 g/mol. The van der Waals surface area contributed by atoms with Crippen LogP contribution in [0.15, 0.2) is 21.2 Å². The molecule has 0 saturated carbocycles. The second-order valence-electron chi connectivity index (χ2n) is 3.37. The summed E-state index contributed by atoms with van der Waals surface area (Å²) in [7, 11) is 0. The molecule has 0 aliphatic heterocycles. The average Bonchev–Trinajstić information content (AvgIpc) is 2.71. The van der Waals surface area contributed by atoms with Crippen molar-refractivity contribution in [2.75, 3.05) is 5.32 Å². The molecule has 1 aromatic carbocycles. The third kappa shape index (κ3) is 2.73. The number of nitrogens with one attached hydrogen (secondary N) is 1. The highest BCUT2D eigenvalue weighted by atomic mass is 79.9. The van der Waals surface area contributed by atoms with Gasteiger partial charge in [-0.05, 0) is 35.0 Å². The molecule has 17 heavy (non-hydrogen) atoms. The van der Waals surface area contributed by atoms with E-state index in [1.54, 1.807) is 0 Å². The fourth-order valence-corrected chi connectivity index (χ4v) is 2.09. The Balaban J connectivity index is 2.15. The normalized spacial score (nSPS) is 10.6. The minimum Gasteiger partial charge on any atom is -0.378 e. The van der Waals surface area contributed by atoms with E-state index in [2.05, 4.69) is 36.2 Å². The van der Waals surface area contributed by atoms with Gasteiger partial charge in [0, 0.05) is 4.47 Å². The number of rotatable bonds is 3. The first-order valence-corrected chi connectivity index (χ1v) is 6.30. The van der Waals surface area contributed by atoms with Crippen molar-refractivity contribution in [3.05, 3.63) is 38.0 Å². The van der Waals surface area contributed by atoms with Gasteiger partial charge in [0.25, 0.3) is 0 Å². The summed E-state index contributed by atoms with van der Waals surface area (Å²) < 4.78 is 5.36. The van der Waals surface area contributed by atoms with Crippen LogP contribution in [0.2, 0.25) is 10.0 Å². The number of nitrogens with zero attached hydrogens (tertiary/aromatic N) is 2. The molecule has 1 N–H and O–H groups in total. The second kappa shape index (κ2) is 5.25. The minimum atomic E-state index is 0.468. The molecular weight excluding hydrogens is 329 g/mol. The number of halogens is 3. The molecule has 1 heterocycles. The molecule has 2 rings (SSSR count). The predicted octanol–water partition coefficient (Wildman–Crippen LogP) is 4.06. The summed E-state index contributed by atoms with van der Waals surface area (Å²) in [6.07, 6.45) is 0. The number of hydrogen-bond donors (Lipinski definition) is 1. The average molecular weight is 337 g/mol. The summed E-state index contributed by atoms with van der Waals surface area (Å²) in [5, 5.41) is 11.5. The lowest BCUT2D eigenvalue weighted by atomic mass is 10.3. The Bertz CT molecular complexity index is 544. The van der Waals surface area contributed by atoms with E-state index in [4.69, 9.17) is 23.2 Å². The van der Waals surface area contributed by atoms with E-state index in [9.17, 15) is 0 Å². The summed E-state index contributed by atoms with van der Waals surface area (Å²) in [6, 6.07) is 3.66. The van der Waals surface area contributed by atoms with Gasteiger partial charge >= 0.3 is 0 Å². The molecule has 90 valence electrons. The van der Waals surface area contributed by atoms with E-state index >= 15 is 0 Å². The van der Waals surface area contributed by atoms with Crippen molar-refractivity contribution in [3.63, 3.8) is 0 Å². The fourth-order valence-electron chi connectivity index (χ4n) is 1.25. The number of aromatic nitrogens is 2. The molecule has 0 saturated heterocycles. The van der Waals surface area contributed by atoms with Gasteiger partial charge in [-0.3, -0.25) is 0 Å². The first-order chi connectivity index (χ1) is 8.09. The molecule has 0 aliphatic rings. The molecule has 7 heteroatoms. The van der Waals surface area contributed by atoms with E-state index in [0.29, 0.717) is 16.6 Å². The lowest BCUT2D eigenvalue weighted by Gasteiger charge is -2.08. The van der Waals surface area contributed by atoms with Crippen LogP contribution in [0.3, 0.4) is 0 Å². The third-order valence-electron chi connectivity index (χ3n) is 2.23. The van der Waals surface area contributed by atoms with Crippen LogP contribution in [-0.2, 0) is 6.54 Å². The highest BCUT2D eigenvalue weighted by Crippen LogP contribution is 2.35. The minimum absolute atomic E-state index is 0.468. The van der Waals surface area contributed by atoms with Crippen LogP contribution < -0.4 is 5.32 Å². The van der Waals surface area contributed by atoms with Gasteiger partial charge in [0.1, 0.15) is 11.4 Å². The molecular formula is C10H8BrCl2N3O. The standard InChI is InChI=1S/C10H8BrCl2N3O/c1-5-8(16-17-15-5)4-14-7-3-2-6(11)9(12)10(7)13/h2-3,14H,4H2,1H3. The Morgan fingerprint density at radius 2 is 2.06 bits per heavy atom. The lowest BCUT2D eigenvalue weighted by Crippen LogP contribution is -2.02. The number of hydrogen-bond acceptors (Lipinski definition) is 4. The summed E-state index contributed by atoms with van der Waals surface area (Å²) in [5.41, 5.74) is 2.22. The summed E-state index contributed by atoms with van der Waals surface area (Å²) in [5.74, 6) is 0. The Hall–Kier alpha value is -0.780. The van der Waals surface area contributed by atoms with Crippen LogP contribution in [0, 0.1) is 6.92 Å². The van der Waals surface area contributed by atoms with Crippen LogP contribution in [0.25, 0.3) is 0 Å². The zero-order valence-corrected chi connectivity index (χ0v) is 11.9. The van der Waals surface area contributed by atoms with E-state index < -0.39 is 0 Å². The van der Waals surface area contributed by atoms with Gasteiger partial charge in [0.15, 0.2) is 0 Å². The van der Waals surface area contributed by atoms with Crippen molar-refractivity contribution >= 4 is 44.8 Å². The van der Waals surface area contributed by atoms with Gasteiger partial charge in [0.05, 0.1) is 22.3 Å². The highest BCUT2D eigenvalue weighted by Gasteiger charge is 2.10. The zero-order valence-electron chi connectivity index (χ0n) is 8.80. The van der Waals surface area contributed by atoms with Crippen LogP contribution in [-0.4, -0.2) is 10.3 Å². The molecule has 0 unspecified atom stereocenters. The van der Waals surface area contributed by atoms with Gasteiger partial charge in [-0.15, -0.1) is 0 Å². The SMILES string of the molecule is Cc1nonc1CNc1ccc(Br)c(Cl)c1Cl. The van der Waals surface area contributed by atoms with Crippen molar-refractivity contribution in [1.82, 2.24) is 10.3 Å². The second-order valence-corrected chi connectivity index (χ2v) is 4.98. The van der Waals surface area contributed by atoms with Crippen molar-refractivity contribution in [3.8, 4) is 0 Å². The lowest BCUT2D eigenvalue weighted by molar-refractivity contribution is 0.301. The Kier molecular flexibility index (Phi) is 3.91. The Morgan fingerprint density at radius 3 is 2.71 bits per heavy atom.